The maximum Gasteiger partial charge on any atom is 0.230 e. The van der Waals surface area contributed by atoms with Crippen LogP contribution >= 0.6 is 11.8 Å². The number of rotatable bonds is 6. The molecule has 7 heteroatoms. The molecule has 0 unspecified atom stereocenters. The fourth-order valence-electron chi connectivity index (χ4n) is 1.15. The van der Waals surface area contributed by atoms with E-state index in [1.54, 1.807) is 4.57 Å². The van der Waals surface area contributed by atoms with E-state index in [1.807, 2.05) is 7.05 Å². The summed E-state index contributed by atoms with van der Waals surface area (Å²) in [5.41, 5.74) is 5.49. The van der Waals surface area contributed by atoms with Gasteiger partial charge in [-0.05, 0) is 5.92 Å². The summed E-state index contributed by atoms with van der Waals surface area (Å²) < 4.78 is 1.81. The number of hydrogen-bond acceptors (Lipinski definition) is 5. The predicted octanol–water partition coefficient (Wildman–Crippen LogP) is 0.138. The Morgan fingerprint density at radius 1 is 1.53 bits per heavy atom. The summed E-state index contributed by atoms with van der Waals surface area (Å²) in [5.74, 6) is 1.54. The van der Waals surface area contributed by atoms with Crippen molar-refractivity contribution in [2.24, 2.45) is 18.7 Å². The molecule has 0 spiro atoms. The molecule has 1 aromatic rings. The highest BCUT2D eigenvalue weighted by Crippen LogP contribution is 2.14. The van der Waals surface area contributed by atoms with Crippen LogP contribution in [0.4, 0.5) is 0 Å². The molecule has 0 fully saturated rings. The molecule has 0 bridgehead atoms. The summed E-state index contributed by atoms with van der Waals surface area (Å²) in [7, 11) is 1.84. The lowest BCUT2D eigenvalue weighted by atomic mass is 10.2. The van der Waals surface area contributed by atoms with Gasteiger partial charge in [0.2, 0.25) is 5.91 Å². The lowest BCUT2D eigenvalue weighted by Gasteiger charge is -2.07. The van der Waals surface area contributed by atoms with E-state index >= 15 is 0 Å². The van der Waals surface area contributed by atoms with Gasteiger partial charge in [-0.2, -0.15) is 0 Å². The van der Waals surface area contributed by atoms with E-state index in [4.69, 9.17) is 5.73 Å². The maximum absolute atomic E-state index is 11.5. The van der Waals surface area contributed by atoms with Gasteiger partial charge in [0.1, 0.15) is 5.82 Å². The van der Waals surface area contributed by atoms with Crippen LogP contribution in [0, 0.1) is 5.92 Å². The largest absolute Gasteiger partial charge is 0.355 e. The van der Waals surface area contributed by atoms with Crippen molar-refractivity contribution in [3.05, 3.63) is 5.82 Å². The smallest absolute Gasteiger partial charge is 0.230 e. The summed E-state index contributed by atoms with van der Waals surface area (Å²) in [5, 5.41) is 11.5. The van der Waals surface area contributed by atoms with Crippen molar-refractivity contribution >= 4 is 17.7 Å². The highest BCUT2D eigenvalue weighted by atomic mass is 32.2. The number of thioether (sulfide) groups is 1. The molecule has 3 N–H and O–H groups in total. The number of nitrogens with two attached hydrogens (primary N) is 1. The van der Waals surface area contributed by atoms with Gasteiger partial charge in [0.05, 0.1) is 12.3 Å². The first-order valence-electron chi connectivity index (χ1n) is 5.52. The second-order valence-corrected chi connectivity index (χ2v) is 5.09. The second-order valence-electron chi connectivity index (χ2n) is 4.15. The van der Waals surface area contributed by atoms with Gasteiger partial charge in [-0.1, -0.05) is 25.6 Å². The van der Waals surface area contributed by atoms with Crippen molar-refractivity contribution in [3.63, 3.8) is 0 Å². The molecule has 0 saturated carbocycles. The first-order valence-corrected chi connectivity index (χ1v) is 6.51. The third-order valence-corrected chi connectivity index (χ3v) is 3.17. The summed E-state index contributed by atoms with van der Waals surface area (Å²) in [6.07, 6.45) is 0. The van der Waals surface area contributed by atoms with Crippen LogP contribution in [0.5, 0.6) is 0 Å². The molecule has 0 aliphatic heterocycles. The lowest BCUT2D eigenvalue weighted by Crippen LogP contribution is -2.28. The first-order chi connectivity index (χ1) is 8.04. The molecule has 17 heavy (non-hydrogen) atoms. The Kier molecular flexibility index (Phi) is 5.43. The van der Waals surface area contributed by atoms with Gasteiger partial charge in [-0.15, -0.1) is 10.2 Å². The zero-order valence-corrected chi connectivity index (χ0v) is 11.3. The monoisotopic (exact) mass is 257 g/mol. The molecule has 1 heterocycles. The molecular formula is C10H19N5OS. The predicted molar refractivity (Wildman–Crippen MR) is 67.5 cm³/mol. The van der Waals surface area contributed by atoms with Crippen molar-refractivity contribution in [1.29, 1.82) is 0 Å². The van der Waals surface area contributed by atoms with Crippen LogP contribution in [0.25, 0.3) is 0 Å². The zero-order valence-electron chi connectivity index (χ0n) is 10.4. The Morgan fingerprint density at radius 2 is 2.24 bits per heavy atom. The van der Waals surface area contributed by atoms with Crippen LogP contribution in [-0.4, -0.2) is 33.0 Å². The minimum absolute atomic E-state index is 0.0148. The Hall–Kier alpha value is -1.08. The molecule has 1 amide bonds. The quantitative estimate of drug-likeness (QED) is 0.708. The van der Waals surface area contributed by atoms with Gasteiger partial charge in [0, 0.05) is 13.6 Å². The topological polar surface area (TPSA) is 85.8 Å². The van der Waals surface area contributed by atoms with Crippen molar-refractivity contribution < 1.29 is 4.79 Å². The number of carbonyl (C=O) groups excluding carboxylic acids is 1. The fraction of sp³-hybridized carbons (Fsp3) is 0.700. The van der Waals surface area contributed by atoms with E-state index in [0.29, 0.717) is 29.9 Å². The fourth-order valence-corrected chi connectivity index (χ4v) is 1.91. The molecule has 6 nitrogen and oxygen atoms in total. The van der Waals surface area contributed by atoms with Crippen molar-refractivity contribution in [3.8, 4) is 0 Å². The number of carbonyl (C=O) groups is 1. The third-order valence-electron chi connectivity index (χ3n) is 2.15. The van der Waals surface area contributed by atoms with Crippen LogP contribution in [0.2, 0.25) is 0 Å². The average Bonchev–Trinajstić information content (AvgIpc) is 2.64. The van der Waals surface area contributed by atoms with E-state index in [9.17, 15) is 4.79 Å². The van der Waals surface area contributed by atoms with Gasteiger partial charge in [-0.3, -0.25) is 4.79 Å². The number of nitrogens with zero attached hydrogens (tertiary/aromatic N) is 3. The lowest BCUT2D eigenvalue weighted by molar-refractivity contribution is -0.118. The number of nitrogens with one attached hydrogen (secondary N) is 1. The second kappa shape index (κ2) is 6.61. The Bertz CT molecular complexity index is 377. The Morgan fingerprint density at radius 3 is 2.76 bits per heavy atom. The molecule has 0 aromatic carbocycles. The minimum atomic E-state index is 0.0148. The highest BCUT2D eigenvalue weighted by Gasteiger charge is 2.10. The van der Waals surface area contributed by atoms with Gasteiger partial charge < -0.3 is 15.6 Å². The molecule has 0 radical (unpaired) electrons. The molecule has 0 aliphatic rings. The van der Waals surface area contributed by atoms with Crippen LogP contribution in [0.15, 0.2) is 5.16 Å². The van der Waals surface area contributed by atoms with E-state index < -0.39 is 0 Å². The maximum atomic E-state index is 11.5. The summed E-state index contributed by atoms with van der Waals surface area (Å²) in [6, 6.07) is 0. The average molecular weight is 257 g/mol. The van der Waals surface area contributed by atoms with Crippen LogP contribution in [0.1, 0.15) is 19.7 Å². The SMILES string of the molecule is CC(C)CNC(=O)CSc1nnc(CN)n1C. The normalized spacial score (nSPS) is 10.9. The van der Waals surface area contributed by atoms with E-state index in [2.05, 4.69) is 29.4 Å². The van der Waals surface area contributed by atoms with Crippen molar-refractivity contribution in [2.75, 3.05) is 12.3 Å². The summed E-state index contributed by atoms with van der Waals surface area (Å²) in [6.45, 7) is 5.17. The summed E-state index contributed by atoms with van der Waals surface area (Å²) >= 11 is 1.36. The molecule has 96 valence electrons. The first kappa shape index (κ1) is 14.0. The van der Waals surface area contributed by atoms with Gasteiger partial charge >= 0.3 is 0 Å². The number of aromatic nitrogens is 3. The molecule has 0 saturated heterocycles. The number of amides is 1. The van der Waals surface area contributed by atoms with E-state index in [1.165, 1.54) is 11.8 Å². The standard InChI is InChI=1S/C10H19N5OS/c1-7(2)5-12-9(16)6-17-10-14-13-8(4-11)15(10)3/h7H,4-6,11H2,1-3H3,(H,12,16). The molecular weight excluding hydrogens is 238 g/mol. The van der Waals surface area contributed by atoms with Gasteiger partial charge in [0.25, 0.3) is 0 Å². The van der Waals surface area contributed by atoms with Crippen LogP contribution < -0.4 is 11.1 Å². The zero-order chi connectivity index (χ0) is 12.8. The molecule has 0 aliphatic carbocycles. The third kappa shape index (κ3) is 4.35. The summed E-state index contributed by atoms with van der Waals surface area (Å²) in [4.78, 5) is 11.5. The van der Waals surface area contributed by atoms with E-state index in [-0.39, 0.29) is 5.91 Å². The highest BCUT2D eigenvalue weighted by molar-refractivity contribution is 7.99. The van der Waals surface area contributed by atoms with Crippen LogP contribution in [-0.2, 0) is 18.4 Å². The molecule has 1 aromatic heterocycles. The van der Waals surface area contributed by atoms with Gasteiger partial charge in [-0.25, -0.2) is 0 Å². The van der Waals surface area contributed by atoms with E-state index in [0.717, 1.165) is 5.82 Å². The Labute approximate surface area is 105 Å². The number of hydrogen-bond donors (Lipinski definition) is 2. The minimum Gasteiger partial charge on any atom is -0.355 e. The van der Waals surface area contributed by atoms with Crippen molar-refractivity contribution in [1.82, 2.24) is 20.1 Å². The van der Waals surface area contributed by atoms with Gasteiger partial charge in [0.15, 0.2) is 5.16 Å². The molecule has 1 rings (SSSR count). The van der Waals surface area contributed by atoms with Crippen LogP contribution in [0.3, 0.4) is 0 Å². The molecule has 0 atom stereocenters. The van der Waals surface area contributed by atoms with Crippen molar-refractivity contribution in [2.45, 2.75) is 25.5 Å². The Balaban J connectivity index is 2.39.